The molecule has 0 aromatic heterocycles. The number of hydrogen-bond donors (Lipinski definition) is 0. The van der Waals surface area contributed by atoms with Crippen LogP contribution in [0.4, 0.5) is 0 Å². The van der Waals surface area contributed by atoms with Gasteiger partial charge in [0.25, 0.3) is 0 Å². The Bertz CT molecular complexity index is 81.9. The van der Waals surface area contributed by atoms with Gasteiger partial charge >= 0.3 is 0 Å². The zero-order valence-electron chi connectivity index (χ0n) is 5.15. The first-order chi connectivity index (χ1) is 3.06. The first kappa shape index (κ1) is 22.7. The van der Waals surface area contributed by atoms with Gasteiger partial charge in [0, 0.05) is 6.42 Å². The van der Waals surface area contributed by atoms with E-state index in [1.54, 1.807) is 0 Å². The third kappa shape index (κ3) is 25.9. The van der Waals surface area contributed by atoms with Crippen LogP contribution in [0, 0.1) is 16.7 Å². The molecule has 0 aliphatic carbocycles. The van der Waals surface area contributed by atoms with Gasteiger partial charge in [0.15, 0.2) is 0 Å². The van der Waals surface area contributed by atoms with E-state index in [2.05, 4.69) is 26.8 Å². The van der Waals surface area contributed by atoms with Crippen molar-refractivity contribution >= 4 is 0 Å². The van der Waals surface area contributed by atoms with Crippen molar-refractivity contribution in [3.05, 3.63) is 0 Å². The summed E-state index contributed by atoms with van der Waals surface area (Å²) in [4.78, 5) is 0. The second-order valence-electron chi connectivity index (χ2n) is 2.90. The molecule has 0 N–H and O–H groups in total. The van der Waals surface area contributed by atoms with Gasteiger partial charge in [-0.3, -0.25) is 0 Å². The Morgan fingerprint density at radius 3 is 1.40 bits per heavy atom. The highest BCUT2D eigenvalue weighted by Crippen LogP contribution is 2.16. The summed E-state index contributed by atoms with van der Waals surface area (Å²) in [6.45, 7) is 6.16. The molecule has 0 bridgehead atoms. The van der Waals surface area contributed by atoms with Gasteiger partial charge in [0.05, 0.1) is 6.07 Å². The van der Waals surface area contributed by atoms with Gasteiger partial charge in [0.1, 0.15) is 0 Å². The molecule has 1 nitrogen and oxygen atoms in total. The molecule has 0 aliphatic heterocycles. The van der Waals surface area contributed by atoms with Crippen LogP contribution in [0.2, 0.25) is 0 Å². The average Bonchev–Trinajstić information content (AvgIpc) is 1.30. The standard InChI is InChI=1S/C6H11N.3CH4/c1-6(2,3)4-5-7;;;/h4H2,1-3H3;3*1H4. The van der Waals surface area contributed by atoms with E-state index in [9.17, 15) is 0 Å². The van der Waals surface area contributed by atoms with Gasteiger partial charge in [-0.1, -0.05) is 43.1 Å². The van der Waals surface area contributed by atoms with Crippen molar-refractivity contribution in [3.63, 3.8) is 0 Å². The smallest absolute Gasteiger partial charge is 0.0627 e. The van der Waals surface area contributed by atoms with Crippen LogP contribution in [-0.2, 0) is 0 Å². The van der Waals surface area contributed by atoms with Crippen molar-refractivity contribution in [2.75, 3.05) is 0 Å². The minimum atomic E-state index is 0. The Labute approximate surface area is 67.1 Å². The summed E-state index contributed by atoms with van der Waals surface area (Å²) in [5.41, 5.74) is 0.189. The van der Waals surface area contributed by atoms with E-state index in [0.29, 0.717) is 6.42 Å². The molecule has 0 unspecified atom stereocenters. The lowest BCUT2D eigenvalue weighted by Gasteiger charge is -2.10. The summed E-state index contributed by atoms with van der Waals surface area (Å²) in [5.74, 6) is 0. The van der Waals surface area contributed by atoms with Gasteiger partial charge in [-0.2, -0.15) is 5.26 Å². The second kappa shape index (κ2) is 8.49. The molecule has 0 spiro atoms. The van der Waals surface area contributed by atoms with Crippen molar-refractivity contribution < 1.29 is 0 Å². The maximum absolute atomic E-state index is 8.15. The highest BCUT2D eigenvalue weighted by Gasteiger charge is 2.07. The summed E-state index contributed by atoms with van der Waals surface area (Å²) in [7, 11) is 0. The summed E-state index contributed by atoms with van der Waals surface area (Å²) in [6.07, 6.45) is 0.646. The molecule has 0 aromatic carbocycles. The SMILES string of the molecule is C.C.C.CC(C)(C)CC#N. The van der Waals surface area contributed by atoms with E-state index in [0.717, 1.165) is 0 Å². The molecule has 0 aromatic rings. The van der Waals surface area contributed by atoms with Crippen molar-refractivity contribution in [3.8, 4) is 6.07 Å². The Balaban J connectivity index is -0.0000000600. The monoisotopic (exact) mass is 145 g/mol. The lowest BCUT2D eigenvalue weighted by atomic mass is 9.93. The first-order valence-electron chi connectivity index (χ1n) is 2.43. The molecule has 0 saturated carbocycles. The number of rotatable bonds is 0. The molecule has 64 valence electrons. The number of nitrogens with zero attached hydrogens (tertiary/aromatic N) is 1. The topological polar surface area (TPSA) is 23.8 Å². The lowest BCUT2D eigenvalue weighted by Crippen LogP contribution is -2.01. The minimum absolute atomic E-state index is 0. The summed E-state index contributed by atoms with van der Waals surface area (Å²) < 4.78 is 0. The van der Waals surface area contributed by atoms with Crippen molar-refractivity contribution in [1.82, 2.24) is 0 Å². The Morgan fingerprint density at radius 2 is 1.40 bits per heavy atom. The van der Waals surface area contributed by atoms with E-state index in [1.807, 2.05) is 0 Å². The summed E-state index contributed by atoms with van der Waals surface area (Å²) >= 11 is 0. The van der Waals surface area contributed by atoms with E-state index in [1.165, 1.54) is 0 Å². The predicted octanol–water partition coefficient (Wildman–Crippen LogP) is 3.85. The Morgan fingerprint density at radius 1 is 1.10 bits per heavy atom. The van der Waals surface area contributed by atoms with Crippen LogP contribution in [0.5, 0.6) is 0 Å². The Kier molecular flexibility index (Phi) is 19.3. The fraction of sp³-hybridized carbons (Fsp3) is 0.889. The molecule has 10 heavy (non-hydrogen) atoms. The van der Waals surface area contributed by atoms with Gasteiger partial charge < -0.3 is 0 Å². The summed E-state index contributed by atoms with van der Waals surface area (Å²) in [6, 6.07) is 2.11. The van der Waals surface area contributed by atoms with E-state index in [-0.39, 0.29) is 27.7 Å². The van der Waals surface area contributed by atoms with E-state index >= 15 is 0 Å². The molecule has 0 heterocycles. The van der Waals surface area contributed by atoms with Crippen LogP contribution in [-0.4, -0.2) is 0 Å². The van der Waals surface area contributed by atoms with E-state index < -0.39 is 0 Å². The average molecular weight is 145 g/mol. The first-order valence-corrected chi connectivity index (χ1v) is 2.43. The molecule has 0 atom stereocenters. The maximum atomic E-state index is 8.15. The predicted molar refractivity (Wildman–Crippen MR) is 49.9 cm³/mol. The fourth-order valence-corrected chi connectivity index (χ4v) is 0.237. The maximum Gasteiger partial charge on any atom is 0.0627 e. The van der Waals surface area contributed by atoms with Crippen LogP contribution in [0.3, 0.4) is 0 Å². The largest absolute Gasteiger partial charge is 0.198 e. The quantitative estimate of drug-likeness (QED) is 0.508. The van der Waals surface area contributed by atoms with Gasteiger partial charge in [-0.15, -0.1) is 0 Å². The number of hydrogen-bond acceptors (Lipinski definition) is 1. The minimum Gasteiger partial charge on any atom is -0.198 e. The molecular weight excluding hydrogens is 122 g/mol. The molecule has 0 saturated heterocycles. The molecule has 0 rings (SSSR count). The van der Waals surface area contributed by atoms with Gasteiger partial charge in [-0.05, 0) is 5.41 Å². The van der Waals surface area contributed by atoms with Gasteiger partial charge in [-0.25, -0.2) is 0 Å². The van der Waals surface area contributed by atoms with Crippen LogP contribution >= 0.6 is 0 Å². The molecule has 1 heteroatoms. The highest BCUT2D eigenvalue weighted by atomic mass is 14.3. The van der Waals surface area contributed by atoms with Crippen molar-refractivity contribution in [2.24, 2.45) is 5.41 Å². The fourth-order valence-electron chi connectivity index (χ4n) is 0.237. The molecule has 0 fully saturated rings. The van der Waals surface area contributed by atoms with Crippen LogP contribution in [0.15, 0.2) is 0 Å². The van der Waals surface area contributed by atoms with Crippen LogP contribution in [0.1, 0.15) is 49.5 Å². The third-order valence-corrected chi connectivity index (χ3v) is 0.609. The number of nitriles is 1. The van der Waals surface area contributed by atoms with Crippen LogP contribution < -0.4 is 0 Å². The normalized spacial score (nSPS) is 7.40. The molecule has 0 radical (unpaired) electrons. The lowest BCUT2D eigenvalue weighted by molar-refractivity contribution is 0.426. The zero-order chi connectivity index (χ0) is 5.91. The van der Waals surface area contributed by atoms with Crippen LogP contribution in [0.25, 0.3) is 0 Å². The highest BCUT2D eigenvalue weighted by molar-refractivity contribution is 4.78. The zero-order valence-corrected chi connectivity index (χ0v) is 5.15. The molecule has 0 aliphatic rings. The van der Waals surface area contributed by atoms with E-state index in [4.69, 9.17) is 5.26 Å². The Hall–Kier alpha value is -0.510. The van der Waals surface area contributed by atoms with Gasteiger partial charge in [0.2, 0.25) is 0 Å². The molecular formula is C9H23N. The van der Waals surface area contributed by atoms with Crippen molar-refractivity contribution in [1.29, 1.82) is 5.26 Å². The summed E-state index contributed by atoms with van der Waals surface area (Å²) in [5, 5.41) is 8.15. The molecule has 0 amide bonds. The van der Waals surface area contributed by atoms with Crippen molar-refractivity contribution in [2.45, 2.75) is 49.5 Å². The third-order valence-electron chi connectivity index (χ3n) is 0.609. The second-order valence-corrected chi connectivity index (χ2v) is 2.90.